The molecule has 0 aromatic heterocycles. The van der Waals surface area contributed by atoms with Gasteiger partial charge >= 0.3 is 6.03 Å². The number of benzene rings is 1. The van der Waals surface area contributed by atoms with Crippen LogP contribution < -0.4 is 11.1 Å². The summed E-state index contributed by atoms with van der Waals surface area (Å²) in [4.78, 5) is 43.0. The number of thioether (sulfide) groups is 1. The third-order valence-corrected chi connectivity index (χ3v) is 5.36. The van der Waals surface area contributed by atoms with E-state index >= 15 is 0 Å². The van der Waals surface area contributed by atoms with E-state index in [2.05, 4.69) is 10.3 Å². The first-order valence-corrected chi connectivity index (χ1v) is 8.81. The molecule has 0 spiro atoms. The number of amides is 4. The minimum atomic E-state index is -0.686. The lowest BCUT2D eigenvalue weighted by molar-refractivity contribution is -0.127. The van der Waals surface area contributed by atoms with Crippen LogP contribution in [0.5, 0.6) is 0 Å². The quantitative estimate of drug-likeness (QED) is 0.794. The van der Waals surface area contributed by atoms with Gasteiger partial charge < -0.3 is 15.5 Å². The van der Waals surface area contributed by atoms with Gasteiger partial charge in [-0.15, -0.1) is 0 Å². The minimum absolute atomic E-state index is 0.0244. The summed E-state index contributed by atoms with van der Waals surface area (Å²) < 4.78 is 0. The number of nitrogens with one attached hydrogen (secondary N) is 1. The zero-order chi connectivity index (χ0) is 18.1. The van der Waals surface area contributed by atoms with Gasteiger partial charge in [-0.3, -0.25) is 14.9 Å². The number of nitrogens with two attached hydrogens (primary N) is 1. The Bertz CT molecular complexity index is 771. The largest absolute Gasteiger partial charge is 0.369 e. The summed E-state index contributed by atoms with van der Waals surface area (Å²) in [6.45, 7) is 0.320. The van der Waals surface area contributed by atoms with Crippen LogP contribution in [0.3, 0.4) is 0 Å². The van der Waals surface area contributed by atoms with Crippen LogP contribution in [-0.4, -0.2) is 57.8 Å². The third kappa shape index (κ3) is 3.42. The molecule has 0 bridgehead atoms. The molecule has 1 saturated heterocycles. The van der Waals surface area contributed by atoms with Crippen molar-refractivity contribution in [1.82, 2.24) is 15.1 Å². The molecule has 2 unspecified atom stereocenters. The van der Waals surface area contributed by atoms with Crippen molar-refractivity contribution in [3.8, 4) is 0 Å². The molecule has 1 aromatic carbocycles. The van der Waals surface area contributed by atoms with Crippen molar-refractivity contribution in [2.75, 3.05) is 12.8 Å². The maximum absolute atomic E-state index is 12.4. The summed E-state index contributed by atoms with van der Waals surface area (Å²) in [7, 11) is 1.57. The number of carbonyl (C=O) groups excluding carboxylic acids is 3. The van der Waals surface area contributed by atoms with E-state index in [-0.39, 0.29) is 5.75 Å². The molecule has 1 fully saturated rings. The number of aliphatic imine (C=N–C) groups is 1. The van der Waals surface area contributed by atoms with Crippen molar-refractivity contribution < 1.29 is 14.4 Å². The van der Waals surface area contributed by atoms with E-state index in [1.54, 1.807) is 18.0 Å². The highest BCUT2D eigenvalue weighted by Gasteiger charge is 2.48. The summed E-state index contributed by atoms with van der Waals surface area (Å²) >= 11 is 7.37. The highest BCUT2D eigenvalue weighted by molar-refractivity contribution is 8.14. The Hall–Kier alpha value is -2.26. The molecule has 2 aliphatic rings. The highest BCUT2D eigenvalue weighted by atomic mass is 35.5. The van der Waals surface area contributed by atoms with Crippen molar-refractivity contribution >= 4 is 46.4 Å². The Morgan fingerprint density at radius 1 is 1.40 bits per heavy atom. The first-order valence-electron chi connectivity index (χ1n) is 7.45. The fraction of sp³-hybridized carbons (Fsp3) is 0.333. The molecule has 8 nitrogen and oxygen atoms in total. The molecule has 2 aliphatic heterocycles. The van der Waals surface area contributed by atoms with Gasteiger partial charge in [-0.25, -0.2) is 9.79 Å². The molecule has 3 rings (SSSR count). The van der Waals surface area contributed by atoms with Gasteiger partial charge in [-0.2, -0.15) is 0 Å². The van der Waals surface area contributed by atoms with Crippen LogP contribution in [-0.2, 0) is 16.1 Å². The van der Waals surface area contributed by atoms with Crippen LogP contribution in [0, 0.1) is 0 Å². The Balaban J connectivity index is 1.92. The molecule has 4 amide bonds. The van der Waals surface area contributed by atoms with E-state index in [1.165, 1.54) is 4.90 Å². The lowest BCUT2D eigenvalue weighted by Crippen LogP contribution is -2.63. The second-order valence-corrected chi connectivity index (χ2v) is 7.00. The predicted molar refractivity (Wildman–Crippen MR) is 95.0 cm³/mol. The first kappa shape index (κ1) is 17.6. The Kier molecular flexibility index (Phi) is 4.87. The average Bonchev–Trinajstić information content (AvgIpc) is 2.92. The third-order valence-electron chi connectivity index (χ3n) is 3.96. The van der Waals surface area contributed by atoms with Crippen molar-refractivity contribution in [3.05, 3.63) is 34.9 Å². The minimum Gasteiger partial charge on any atom is -0.369 e. The molecule has 2 atom stereocenters. The Morgan fingerprint density at radius 2 is 2.12 bits per heavy atom. The van der Waals surface area contributed by atoms with Gasteiger partial charge in [-0.05, 0) is 11.6 Å². The number of hydrogen-bond donors (Lipinski definition) is 2. The summed E-state index contributed by atoms with van der Waals surface area (Å²) in [6, 6.07) is 6.08. The highest BCUT2D eigenvalue weighted by Crippen LogP contribution is 2.31. The predicted octanol–water partition coefficient (Wildman–Crippen LogP) is 0.606. The average molecular weight is 382 g/mol. The summed E-state index contributed by atoms with van der Waals surface area (Å²) in [5.41, 5.74) is 6.03. The van der Waals surface area contributed by atoms with E-state index in [1.807, 2.05) is 18.2 Å². The van der Waals surface area contributed by atoms with Crippen LogP contribution in [0.25, 0.3) is 0 Å². The van der Waals surface area contributed by atoms with Gasteiger partial charge in [0.05, 0.1) is 5.75 Å². The molecule has 25 heavy (non-hydrogen) atoms. The number of rotatable bonds is 4. The number of nitrogens with zero attached hydrogens (tertiary/aromatic N) is 3. The number of hydrogen-bond acceptors (Lipinski definition) is 6. The van der Waals surface area contributed by atoms with Crippen LogP contribution in [0.2, 0.25) is 5.02 Å². The number of likely N-dealkylation sites (N-methyl/N-ethyl adjacent to an activating group) is 1. The summed E-state index contributed by atoms with van der Waals surface area (Å²) in [5, 5.41) is 3.35. The molecule has 3 N–H and O–H groups in total. The molecule has 2 heterocycles. The number of primary amides is 1. The zero-order valence-electron chi connectivity index (χ0n) is 13.3. The second kappa shape index (κ2) is 6.93. The SMILES string of the molecule is CN1C(=O)NC(=O)C2C1N=C(SCC(N)=O)N2Cc1ccccc1Cl. The van der Waals surface area contributed by atoms with E-state index in [4.69, 9.17) is 17.3 Å². The van der Waals surface area contributed by atoms with Gasteiger partial charge in [0.15, 0.2) is 17.4 Å². The molecule has 0 saturated carbocycles. The topological polar surface area (TPSA) is 108 Å². The lowest BCUT2D eigenvalue weighted by atomic mass is 10.1. The van der Waals surface area contributed by atoms with Crippen LogP contribution in [0.1, 0.15) is 5.56 Å². The molecule has 1 aromatic rings. The fourth-order valence-electron chi connectivity index (χ4n) is 2.73. The molecular formula is C15H16ClN5O3S. The van der Waals surface area contributed by atoms with Gasteiger partial charge in [0, 0.05) is 18.6 Å². The number of amidine groups is 1. The monoisotopic (exact) mass is 381 g/mol. The van der Waals surface area contributed by atoms with Crippen molar-refractivity contribution in [2.24, 2.45) is 10.7 Å². The summed E-state index contributed by atoms with van der Waals surface area (Å²) in [6.07, 6.45) is -0.654. The molecule has 0 aliphatic carbocycles. The molecule has 0 radical (unpaired) electrons. The second-order valence-electron chi connectivity index (χ2n) is 5.65. The zero-order valence-corrected chi connectivity index (χ0v) is 14.9. The smallest absolute Gasteiger partial charge is 0.325 e. The van der Waals surface area contributed by atoms with Gasteiger partial charge in [0.25, 0.3) is 5.91 Å². The van der Waals surface area contributed by atoms with Crippen LogP contribution in [0.4, 0.5) is 4.79 Å². The van der Waals surface area contributed by atoms with Crippen molar-refractivity contribution in [3.63, 3.8) is 0 Å². The first-order chi connectivity index (χ1) is 11.9. The maximum Gasteiger partial charge on any atom is 0.325 e. The van der Waals surface area contributed by atoms with E-state index in [0.717, 1.165) is 17.3 Å². The van der Waals surface area contributed by atoms with Crippen molar-refractivity contribution in [2.45, 2.75) is 18.8 Å². The fourth-order valence-corrected chi connectivity index (χ4v) is 3.73. The normalized spacial score (nSPS) is 22.6. The molecular weight excluding hydrogens is 366 g/mol. The number of urea groups is 1. The van der Waals surface area contributed by atoms with Gasteiger partial charge in [0.2, 0.25) is 5.91 Å². The molecule has 132 valence electrons. The van der Waals surface area contributed by atoms with Gasteiger partial charge in [-0.1, -0.05) is 41.6 Å². The summed E-state index contributed by atoms with van der Waals surface area (Å²) in [5.74, 6) is -0.899. The van der Waals surface area contributed by atoms with Gasteiger partial charge in [0.1, 0.15) is 0 Å². The standard InChI is InChI=1S/C15H16ClN5O3S/c1-20-12-11(13(23)19-14(20)24)21(15(18-12)25-7-10(17)22)6-8-4-2-3-5-9(8)16/h2-5,11-12H,6-7H2,1H3,(H2,17,22)(H,19,23,24). The maximum atomic E-state index is 12.4. The van der Waals surface area contributed by atoms with E-state index < -0.39 is 30.1 Å². The number of imide groups is 1. The number of halogens is 1. The molecule has 10 heteroatoms. The van der Waals surface area contributed by atoms with E-state index in [9.17, 15) is 14.4 Å². The van der Waals surface area contributed by atoms with Crippen LogP contribution in [0.15, 0.2) is 29.3 Å². The van der Waals surface area contributed by atoms with Crippen molar-refractivity contribution in [1.29, 1.82) is 0 Å². The Morgan fingerprint density at radius 3 is 2.80 bits per heavy atom. The van der Waals surface area contributed by atoms with E-state index in [0.29, 0.717) is 16.7 Å². The Labute approximate surface area is 153 Å². The lowest BCUT2D eigenvalue weighted by Gasteiger charge is -2.36. The number of fused-ring (bicyclic) bond motifs is 1. The van der Waals surface area contributed by atoms with Crippen LogP contribution >= 0.6 is 23.4 Å². The number of carbonyl (C=O) groups is 3.